The molecule has 0 aromatic carbocycles. The summed E-state index contributed by atoms with van der Waals surface area (Å²) >= 11 is 0. The molecule has 0 spiro atoms. The fraction of sp³-hybridized carbons (Fsp3) is 0.818. The zero-order valence-electron chi connectivity index (χ0n) is 9.51. The summed E-state index contributed by atoms with van der Waals surface area (Å²) in [6, 6.07) is 0. The Balaban J connectivity index is 2.85. The van der Waals surface area contributed by atoms with Gasteiger partial charge in [-0.15, -0.1) is 0 Å². The highest BCUT2D eigenvalue weighted by molar-refractivity contribution is 6.08. The van der Waals surface area contributed by atoms with Crippen LogP contribution in [0.3, 0.4) is 0 Å². The lowest BCUT2D eigenvalue weighted by Gasteiger charge is -2.20. The monoisotopic (exact) mass is 198 g/mol. The molecule has 3 nitrogen and oxygen atoms in total. The molecular weight excluding hydrogens is 180 g/mol. The van der Waals surface area contributed by atoms with Gasteiger partial charge in [0, 0.05) is 5.41 Å². The third kappa shape index (κ3) is 1.87. The predicted octanol–water partition coefficient (Wildman–Crippen LogP) is 1.60. The Labute approximate surface area is 84.8 Å². The van der Waals surface area contributed by atoms with E-state index in [1.165, 1.54) is 0 Å². The van der Waals surface area contributed by atoms with Crippen molar-refractivity contribution in [1.29, 1.82) is 0 Å². The molecule has 0 amide bonds. The third-order valence-electron chi connectivity index (χ3n) is 2.58. The number of rotatable bonds is 1. The maximum atomic E-state index is 11.9. The summed E-state index contributed by atoms with van der Waals surface area (Å²) in [4.78, 5) is 23.6. The van der Waals surface area contributed by atoms with Crippen LogP contribution >= 0.6 is 0 Å². The minimum absolute atomic E-state index is 0.0203. The van der Waals surface area contributed by atoms with Crippen molar-refractivity contribution in [3.63, 3.8) is 0 Å². The molecule has 0 aliphatic carbocycles. The highest BCUT2D eigenvalue weighted by Crippen LogP contribution is 2.31. The van der Waals surface area contributed by atoms with Crippen LogP contribution in [0.4, 0.5) is 0 Å². The van der Waals surface area contributed by atoms with Crippen LogP contribution < -0.4 is 0 Å². The normalized spacial score (nSPS) is 26.6. The van der Waals surface area contributed by atoms with Crippen molar-refractivity contribution < 1.29 is 14.3 Å². The lowest BCUT2D eigenvalue weighted by atomic mass is 9.80. The Bertz CT molecular complexity index is 271. The molecule has 3 heteroatoms. The Morgan fingerprint density at radius 3 is 2.21 bits per heavy atom. The SMILES string of the molecule is CC(C)(C)C(=O)C1COC(C)(C)C1=O. The number of carbonyl (C=O) groups is 2. The van der Waals surface area contributed by atoms with Gasteiger partial charge >= 0.3 is 0 Å². The minimum atomic E-state index is -0.786. The summed E-state index contributed by atoms with van der Waals surface area (Å²) in [7, 11) is 0. The smallest absolute Gasteiger partial charge is 0.176 e. The van der Waals surface area contributed by atoms with Crippen molar-refractivity contribution in [1.82, 2.24) is 0 Å². The van der Waals surface area contributed by atoms with Crippen molar-refractivity contribution in [2.24, 2.45) is 11.3 Å². The Hall–Kier alpha value is -0.700. The lowest BCUT2D eigenvalue weighted by Crippen LogP contribution is -2.37. The average molecular weight is 198 g/mol. The molecular formula is C11H18O3. The molecule has 0 saturated carbocycles. The molecule has 1 fully saturated rings. The quantitative estimate of drug-likeness (QED) is 0.601. The fourth-order valence-electron chi connectivity index (χ4n) is 1.58. The maximum absolute atomic E-state index is 11.9. The summed E-state index contributed by atoms with van der Waals surface area (Å²) in [5.74, 6) is -0.671. The van der Waals surface area contributed by atoms with E-state index in [2.05, 4.69) is 0 Å². The number of ether oxygens (including phenoxy) is 1. The molecule has 1 saturated heterocycles. The highest BCUT2D eigenvalue weighted by atomic mass is 16.5. The first-order chi connectivity index (χ1) is 6.16. The van der Waals surface area contributed by atoms with E-state index in [9.17, 15) is 9.59 Å². The van der Waals surface area contributed by atoms with E-state index in [0.717, 1.165) is 0 Å². The fourth-order valence-corrected chi connectivity index (χ4v) is 1.58. The summed E-state index contributed by atoms with van der Waals surface area (Å²) in [6.07, 6.45) is 0. The van der Waals surface area contributed by atoms with Gasteiger partial charge in [0.2, 0.25) is 0 Å². The molecule has 1 aliphatic heterocycles. The molecule has 14 heavy (non-hydrogen) atoms. The van der Waals surface area contributed by atoms with E-state index in [4.69, 9.17) is 4.74 Å². The van der Waals surface area contributed by atoms with Crippen molar-refractivity contribution >= 4 is 11.6 Å². The second-order valence-electron chi connectivity index (χ2n) is 5.35. The minimum Gasteiger partial charge on any atom is -0.367 e. The van der Waals surface area contributed by atoms with Gasteiger partial charge in [-0.1, -0.05) is 20.8 Å². The van der Waals surface area contributed by atoms with Gasteiger partial charge in [0.05, 0.1) is 6.61 Å². The Morgan fingerprint density at radius 1 is 1.43 bits per heavy atom. The summed E-state index contributed by atoms with van der Waals surface area (Å²) in [6.45, 7) is 9.15. The van der Waals surface area contributed by atoms with Crippen molar-refractivity contribution in [2.75, 3.05) is 6.61 Å². The zero-order chi connectivity index (χ0) is 11.1. The van der Waals surface area contributed by atoms with Crippen LogP contribution in [0.1, 0.15) is 34.6 Å². The number of Topliss-reactive ketones (excluding diaryl/α,β-unsaturated/α-hetero) is 2. The standard InChI is InChI=1S/C11H18O3/c1-10(2,3)8(12)7-6-14-11(4,5)9(7)13/h7H,6H2,1-5H3. The van der Waals surface area contributed by atoms with E-state index >= 15 is 0 Å². The molecule has 1 heterocycles. The molecule has 1 atom stereocenters. The van der Waals surface area contributed by atoms with Gasteiger partial charge < -0.3 is 4.74 Å². The zero-order valence-corrected chi connectivity index (χ0v) is 9.51. The lowest BCUT2D eigenvalue weighted by molar-refractivity contribution is -0.137. The van der Waals surface area contributed by atoms with E-state index in [-0.39, 0.29) is 18.2 Å². The van der Waals surface area contributed by atoms with Crippen molar-refractivity contribution in [2.45, 2.75) is 40.2 Å². The summed E-state index contributed by atoms with van der Waals surface area (Å²) < 4.78 is 5.31. The number of carbonyl (C=O) groups excluding carboxylic acids is 2. The van der Waals surface area contributed by atoms with E-state index in [1.807, 2.05) is 20.8 Å². The third-order valence-corrected chi connectivity index (χ3v) is 2.58. The number of ketones is 2. The van der Waals surface area contributed by atoms with Crippen molar-refractivity contribution in [3.05, 3.63) is 0 Å². The van der Waals surface area contributed by atoms with Gasteiger partial charge in [-0.3, -0.25) is 9.59 Å². The van der Waals surface area contributed by atoms with Gasteiger partial charge in [0.25, 0.3) is 0 Å². The van der Waals surface area contributed by atoms with Crippen LogP contribution in [0.15, 0.2) is 0 Å². The van der Waals surface area contributed by atoms with Crippen LogP contribution in [0.2, 0.25) is 0 Å². The molecule has 1 rings (SSSR count). The van der Waals surface area contributed by atoms with E-state index in [1.54, 1.807) is 13.8 Å². The van der Waals surface area contributed by atoms with Gasteiger partial charge in [0.1, 0.15) is 11.5 Å². The Kier molecular flexibility index (Phi) is 2.57. The topological polar surface area (TPSA) is 43.4 Å². The Morgan fingerprint density at radius 2 is 1.93 bits per heavy atom. The molecule has 1 aliphatic rings. The second-order valence-corrected chi connectivity index (χ2v) is 5.35. The molecule has 0 aromatic heterocycles. The van der Waals surface area contributed by atoms with Crippen molar-refractivity contribution in [3.8, 4) is 0 Å². The first-order valence-electron chi connectivity index (χ1n) is 4.89. The number of hydrogen-bond acceptors (Lipinski definition) is 3. The average Bonchev–Trinajstić information content (AvgIpc) is 2.25. The van der Waals surface area contributed by atoms with Gasteiger partial charge in [-0.25, -0.2) is 0 Å². The summed E-state index contributed by atoms with van der Waals surface area (Å²) in [5, 5.41) is 0. The molecule has 0 radical (unpaired) electrons. The van der Waals surface area contributed by atoms with Gasteiger partial charge in [-0.2, -0.15) is 0 Å². The first kappa shape index (κ1) is 11.4. The van der Waals surface area contributed by atoms with Crippen LogP contribution in [0, 0.1) is 11.3 Å². The highest BCUT2D eigenvalue weighted by Gasteiger charge is 2.47. The van der Waals surface area contributed by atoms with Crippen LogP contribution in [0.25, 0.3) is 0 Å². The molecule has 1 unspecified atom stereocenters. The van der Waals surface area contributed by atoms with Crippen LogP contribution in [-0.2, 0) is 14.3 Å². The molecule has 0 aromatic rings. The number of hydrogen-bond donors (Lipinski definition) is 0. The maximum Gasteiger partial charge on any atom is 0.176 e. The first-order valence-corrected chi connectivity index (χ1v) is 4.89. The molecule has 80 valence electrons. The van der Waals surface area contributed by atoms with Gasteiger partial charge in [0.15, 0.2) is 11.6 Å². The van der Waals surface area contributed by atoms with E-state index < -0.39 is 16.9 Å². The second kappa shape index (κ2) is 3.16. The van der Waals surface area contributed by atoms with Gasteiger partial charge in [-0.05, 0) is 13.8 Å². The largest absolute Gasteiger partial charge is 0.367 e. The van der Waals surface area contributed by atoms with Crippen LogP contribution in [-0.4, -0.2) is 23.8 Å². The van der Waals surface area contributed by atoms with Crippen LogP contribution in [0.5, 0.6) is 0 Å². The van der Waals surface area contributed by atoms with E-state index in [0.29, 0.717) is 0 Å². The summed E-state index contributed by atoms with van der Waals surface area (Å²) in [5.41, 5.74) is -1.25. The molecule has 0 N–H and O–H groups in total. The molecule has 0 bridgehead atoms. The predicted molar refractivity (Wildman–Crippen MR) is 53.0 cm³/mol.